The normalized spacial score (nSPS) is 15.6. The Balaban J connectivity index is 1.47. The summed E-state index contributed by atoms with van der Waals surface area (Å²) in [5.41, 5.74) is 4.42. The maximum atomic E-state index is 13.1. The summed E-state index contributed by atoms with van der Waals surface area (Å²) < 4.78 is 1.83. The van der Waals surface area contributed by atoms with Gasteiger partial charge in [0.25, 0.3) is 5.91 Å². The van der Waals surface area contributed by atoms with Gasteiger partial charge >= 0.3 is 0 Å². The summed E-state index contributed by atoms with van der Waals surface area (Å²) >= 11 is 0. The lowest BCUT2D eigenvalue weighted by atomic mass is 10.1. The monoisotopic (exact) mass is 386 g/mol. The van der Waals surface area contributed by atoms with Gasteiger partial charge in [0.05, 0.1) is 11.4 Å². The van der Waals surface area contributed by atoms with Crippen LogP contribution in [0.5, 0.6) is 0 Å². The molecule has 1 aliphatic carbocycles. The Morgan fingerprint density at radius 3 is 2.55 bits per heavy atom. The van der Waals surface area contributed by atoms with Crippen LogP contribution >= 0.6 is 0 Å². The Morgan fingerprint density at radius 2 is 1.76 bits per heavy atom. The molecule has 5 rings (SSSR count). The fourth-order valence-electron chi connectivity index (χ4n) is 4.19. The van der Waals surface area contributed by atoms with Gasteiger partial charge in [-0.1, -0.05) is 24.3 Å². The molecule has 1 fully saturated rings. The molecule has 0 spiro atoms. The van der Waals surface area contributed by atoms with Crippen LogP contribution in [0.2, 0.25) is 0 Å². The highest BCUT2D eigenvalue weighted by Crippen LogP contribution is 2.31. The first-order chi connectivity index (χ1) is 14.2. The molecule has 0 saturated carbocycles. The highest BCUT2D eigenvalue weighted by molar-refractivity contribution is 6.06. The summed E-state index contributed by atoms with van der Waals surface area (Å²) in [6.07, 6.45) is 4.34. The van der Waals surface area contributed by atoms with E-state index in [0.717, 1.165) is 54.1 Å². The van der Waals surface area contributed by atoms with E-state index in [2.05, 4.69) is 5.32 Å². The van der Waals surface area contributed by atoms with Crippen molar-refractivity contribution in [3.8, 4) is 5.69 Å². The molecule has 0 unspecified atom stereocenters. The first-order valence-corrected chi connectivity index (χ1v) is 10.1. The van der Waals surface area contributed by atoms with Crippen LogP contribution in [0.1, 0.15) is 40.9 Å². The third-order valence-corrected chi connectivity index (χ3v) is 5.63. The van der Waals surface area contributed by atoms with Gasteiger partial charge in [-0.05, 0) is 56.0 Å². The Bertz CT molecular complexity index is 1090. The molecule has 2 heterocycles. The summed E-state index contributed by atoms with van der Waals surface area (Å²) in [6.45, 7) is 0.707. The van der Waals surface area contributed by atoms with Gasteiger partial charge in [-0.2, -0.15) is 5.10 Å². The lowest BCUT2D eigenvalue weighted by Gasteiger charge is -2.17. The van der Waals surface area contributed by atoms with E-state index in [1.807, 2.05) is 47.1 Å². The lowest BCUT2D eigenvalue weighted by Crippen LogP contribution is -2.24. The molecule has 2 aliphatic rings. The van der Waals surface area contributed by atoms with Gasteiger partial charge in [-0.3, -0.25) is 9.59 Å². The number of carbonyl (C=O) groups is 2. The number of amides is 2. The average Bonchev–Trinajstić information content (AvgIpc) is 3.46. The molecule has 1 aliphatic heterocycles. The second kappa shape index (κ2) is 7.20. The second-order valence-electron chi connectivity index (χ2n) is 7.53. The molecule has 0 bridgehead atoms. The molecule has 3 aromatic rings. The molecule has 0 atom stereocenters. The fourth-order valence-corrected chi connectivity index (χ4v) is 4.19. The van der Waals surface area contributed by atoms with E-state index in [1.165, 1.54) is 0 Å². The molecule has 146 valence electrons. The van der Waals surface area contributed by atoms with E-state index in [-0.39, 0.29) is 11.8 Å². The Morgan fingerprint density at radius 1 is 0.931 bits per heavy atom. The second-order valence-corrected chi connectivity index (χ2v) is 7.53. The van der Waals surface area contributed by atoms with Crippen LogP contribution in [0.15, 0.2) is 54.6 Å². The minimum absolute atomic E-state index is 0.113. The van der Waals surface area contributed by atoms with Crippen LogP contribution < -0.4 is 10.2 Å². The van der Waals surface area contributed by atoms with E-state index in [9.17, 15) is 9.59 Å². The third kappa shape index (κ3) is 3.20. The quantitative estimate of drug-likeness (QED) is 0.743. The van der Waals surface area contributed by atoms with Crippen molar-refractivity contribution in [2.45, 2.75) is 32.1 Å². The summed E-state index contributed by atoms with van der Waals surface area (Å²) in [6, 6.07) is 17.1. The zero-order valence-electron chi connectivity index (χ0n) is 16.1. The number of benzene rings is 2. The van der Waals surface area contributed by atoms with Crippen LogP contribution in [-0.4, -0.2) is 28.1 Å². The standard InChI is InChI=1S/C23H22N4O2/c28-21-13-6-14-26(21)18-10-4-7-16(15-18)23(29)24-22-19-11-5-12-20(19)25-27(22)17-8-2-1-3-9-17/h1-4,7-10,15H,5-6,11-14H2,(H,24,29). The zero-order valence-corrected chi connectivity index (χ0v) is 16.1. The van der Waals surface area contributed by atoms with Crippen molar-refractivity contribution in [1.29, 1.82) is 0 Å². The first-order valence-electron chi connectivity index (χ1n) is 10.1. The highest BCUT2D eigenvalue weighted by atomic mass is 16.2. The molecule has 6 heteroatoms. The van der Waals surface area contributed by atoms with Gasteiger partial charge < -0.3 is 10.2 Å². The third-order valence-electron chi connectivity index (χ3n) is 5.63. The number of hydrogen-bond acceptors (Lipinski definition) is 3. The Labute approximate surface area is 169 Å². The van der Waals surface area contributed by atoms with E-state index < -0.39 is 0 Å². The van der Waals surface area contributed by atoms with Gasteiger partial charge in [0.1, 0.15) is 5.82 Å². The number of aryl methyl sites for hydroxylation is 1. The van der Waals surface area contributed by atoms with E-state index >= 15 is 0 Å². The van der Waals surface area contributed by atoms with E-state index in [0.29, 0.717) is 18.5 Å². The maximum absolute atomic E-state index is 13.1. The molecule has 29 heavy (non-hydrogen) atoms. The minimum Gasteiger partial charge on any atom is -0.312 e. The molecule has 0 radical (unpaired) electrons. The number of rotatable bonds is 4. The summed E-state index contributed by atoms with van der Waals surface area (Å²) in [5, 5.41) is 7.84. The molecule has 6 nitrogen and oxygen atoms in total. The van der Waals surface area contributed by atoms with Crippen LogP contribution in [0.25, 0.3) is 5.69 Å². The van der Waals surface area contributed by atoms with Crippen molar-refractivity contribution in [3.63, 3.8) is 0 Å². The van der Waals surface area contributed by atoms with Crippen molar-refractivity contribution >= 4 is 23.3 Å². The van der Waals surface area contributed by atoms with Gasteiger partial charge in [0.2, 0.25) is 5.91 Å². The molecule has 2 amide bonds. The zero-order chi connectivity index (χ0) is 19.8. The molecule has 1 aromatic heterocycles. The molecular weight excluding hydrogens is 364 g/mol. The summed E-state index contributed by atoms with van der Waals surface area (Å²) in [5.74, 6) is 0.671. The van der Waals surface area contributed by atoms with Crippen molar-refractivity contribution in [2.75, 3.05) is 16.8 Å². The SMILES string of the molecule is O=C(Nc1c2c(nn1-c1ccccc1)CCC2)c1cccc(N2CCCC2=O)c1. The van der Waals surface area contributed by atoms with Gasteiger partial charge in [-0.25, -0.2) is 4.68 Å². The maximum Gasteiger partial charge on any atom is 0.256 e. The smallest absolute Gasteiger partial charge is 0.256 e. The predicted octanol–water partition coefficient (Wildman–Crippen LogP) is 3.74. The number of anilines is 2. The average molecular weight is 386 g/mol. The van der Waals surface area contributed by atoms with Crippen molar-refractivity contribution in [3.05, 3.63) is 71.4 Å². The predicted molar refractivity (Wildman–Crippen MR) is 112 cm³/mol. The van der Waals surface area contributed by atoms with Gasteiger partial charge in [-0.15, -0.1) is 0 Å². The van der Waals surface area contributed by atoms with Crippen LogP contribution in [0, 0.1) is 0 Å². The minimum atomic E-state index is -0.190. The molecule has 1 saturated heterocycles. The molecule has 1 N–H and O–H groups in total. The number of hydrogen-bond donors (Lipinski definition) is 1. The Hall–Kier alpha value is -3.41. The summed E-state index contributed by atoms with van der Waals surface area (Å²) in [4.78, 5) is 26.9. The number of fused-ring (bicyclic) bond motifs is 1. The number of carbonyl (C=O) groups excluding carboxylic acids is 2. The van der Waals surface area contributed by atoms with Gasteiger partial charge in [0.15, 0.2) is 0 Å². The number of nitrogens with zero attached hydrogens (tertiary/aromatic N) is 3. The number of para-hydroxylation sites is 1. The number of aromatic nitrogens is 2. The largest absolute Gasteiger partial charge is 0.312 e. The number of nitrogens with one attached hydrogen (secondary N) is 1. The Kier molecular flexibility index (Phi) is 4.39. The van der Waals surface area contributed by atoms with Crippen molar-refractivity contribution in [2.24, 2.45) is 0 Å². The highest BCUT2D eigenvalue weighted by Gasteiger charge is 2.25. The lowest BCUT2D eigenvalue weighted by molar-refractivity contribution is -0.117. The van der Waals surface area contributed by atoms with Crippen LogP contribution in [0.4, 0.5) is 11.5 Å². The fraction of sp³-hybridized carbons (Fsp3) is 0.261. The van der Waals surface area contributed by atoms with E-state index in [4.69, 9.17) is 5.10 Å². The summed E-state index contributed by atoms with van der Waals surface area (Å²) in [7, 11) is 0. The van der Waals surface area contributed by atoms with Crippen LogP contribution in [0.3, 0.4) is 0 Å². The van der Waals surface area contributed by atoms with E-state index in [1.54, 1.807) is 17.0 Å². The topological polar surface area (TPSA) is 67.2 Å². The van der Waals surface area contributed by atoms with Crippen molar-refractivity contribution < 1.29 is 9.59 Å². The van der Waals surface area contributed by atoms with Gasteiger partial charge in [0, 0.05) is 29.8 Å². The van der Waals surface area contributed by atoms with Crippen molar-refractivity contribution in [1.82, 2.24) is 9.78 Å². The van der Waals surface area contributed by atoms with Crippen LogP contribution in [-0.2, 0) is 17.6 Å². The molecular formula is C23H22N4O2. The first kappa shape index (κ1) is 17.7. The molecule has 2 aromatic carbocycles.